The summed E-state index contributed by atoms with van der Waals surface area (Å²) in [5.41, 5.74) is 4.25. The van der Waals surface area contributed by atoms with Crippen LogP contribution in [0.15, 0.2) is 12.3 Å². The van der Waals surface area contributed by atoms with E-state index >= 15 is 0 Å². The van der Waals surface area contributed by atoms with Gasteiger partial charge in [0.05, 0.1) is 0 Å². The van der Waals surface area contributed by atoms with Crippen molar-refractivity contribution in [1.29, 1.82) is 0 Å². The second-order valence-electron chi connectivity index (χ2n) is 2.89. The molecule has 1 heteroatoms. The van der Waals surface area contributed by atoms with E-state index in [4.69, 9.17) is 0 Å². The van der Waals surface area contributed by atoms with Gasteiger partial charge < -0.3 is 0 Å². The molecule has 0 N–H and O–H groups in total. The highest BCUT2D eigenvalue weighted by atomic mass is 14.7. The van der Waals surface area contributed by atoms with Gasteiger partial charge in [-0.1, -0.05) is 0 Å². The zero-order valence-corrected chi connectivity index (χ0v) is 6.22. The lowest BCUT2D eigenvalue weighted by Gasteiger charge is -1.99. The Morgan fingerprint density at radius 1 is 1.40 bits per heavy atom. The number of fused-ring (bicyclic) bond motifs is 1. The Morgan fingerprint density at radius 3 is 3.10 bits per heavy atom. The fraction of sp³-hybridized carbons (Fsp3) is 0.444. The molecule has 0 aromatic carbocycles. The maximum atomic E-state index is 4.25. The average molecular weight is 133 g/mol. The zero-order chi connectivity index (χ0) is 6.97. The third-order valence-electron chi connectivity index (χ3n) is 2.24. The first-order valence-electron chi connectivity index (χ1n) is 3.81. The number of hydrogen-bond donors (Lipinski definition) is 0. The van der Waals surface area contributed by atoms with Gasteiger partial charge in [-0.25, -0.2) is 0 Å². The van der Waals surface area contributed by atoms with Crippen molar-refractivity contribution >= 4 is 0 Å². The Hall–Kier alpha value is -0.850. The number of rotatable bonds is 0. The van der Waals surface area contributed by atoms with E-state index in [1.165, 1.54) is 36.1 Å². The predicted molar refractivity (Wildman–Crippen MR) is 41.0 cm³/mol. The van der Waals surface area contributed by atoms with E-state index in [-0.39, 0.29) is 0 Å². The number of nitrogens with zero attached hydrogens (tertiary/aromatic N) is 1. The molecule has 0 spiro atoms. The molecule has 0 amide bonds. The highest BCUT2D eigenvalue weighted by Gasteiger charge is 2.11. The Bertz CT molecular complexity index is 253. The Balaban J connectivity index is 2.59. The van der Waals surface area contributed by atoms with Crippen molar-refractivity contribution in [2.24, 2.45) is 0 Å². The summed E-state index contributed by atoms with van der Waals surface area (Å²) in [6.07, 6.45) is 5.75. The van der Waals surface area contributed by atoms with Crippen LogP contribution in [0.3, 0.4) is 0 Å². The molecule has 0 fully saturated rings. The summed E-state index contributed by atoms with van der Waals surface area (Å²) in [6, 6.07) is 2.15. The van der Waals surface area contributed by atoms with Crippen LogP contribution in [0.25, 0.3) is 0 Å². The molecular formula is C9H11N. The molecule has 1 aromatic heterocycles. The number of pyridine rings is 1. The fourth-order valence-corrected chi connectivity index (χ4v) is 1.68. The van der Waals surface area contributed by atoms with E-state index in [9.17, 15) is 0 Å². The van der Waals surface area contributed by atoms with E-state index in [2.05, 4.69) is 18.0 Å². The topological polar surface area (TPSA) is 12.9 Å². The van der Waals surface area contributed by atoms with Crippen LogP contribution in [0, 0.1) is 6.92 Å². The molecule has 1 nitrogen and oxygen atoms in total. The van der Waals surface area contributed by atoms with Gasteiger partial charge in [0.2, 0.25) is 0 Å². The highest BCUT2D eigenvalue weighted by molar-refractivity contribution is 5.32. The molecule has 0 atom stereocenters. The van der Waals surface area contributed by atoms with Crippen molar-refractivity contribution < 1.29 is 0 Å². The van der Waals surface area contributed by atoms with Gasteiger partial charge in [-0.05, 0) is 43.4 Å². The standard InChI is InChI=1S/C9H11N/c1-7-9-4-2-3-8(9)5-6-10-7/h5-6H,2-4H2,1H3. The molecule has 0 saturated carbocycles. The maximum Gasteiger partial charge on any atom is 0.0407 e. The van der Waals surface area contributed by atoms with Crippen LogP contribution >= 0.6 is 0 Å². The molecule has 10 heavy (non-hydrogen) atoms. The van der Waals surface area contributed by atoms with E-state index in [0.29, 0.717) is 0 Å². The monoisotopic (exact) mass is 133 g/mol. The second kappa shape index (κ2) is 2.08. The number of aryl methyl sites for hydroxylation is 2. The molecule has 1 aliphatic rings. The summed E-state index contributed by atoms with van der Waals surface area (Å²) < 4.78 is 0. The highest BCUT2D eigenvalue weighted by Crippen LogP contribution is 2.22. The van der Waals surface area contributed by atoms with Crippen LogP contribution in [0.2, 0.25) is 0 Å². The van der Waals surface area contributed by atoms with Gasteiger partial charge in [0.15, 0.2) is 0 Å². The molecule has 0 unspecified atom stereocenters. The van der Waals surface area contributed by atoms with Crippen LogP contribution in [0.4, 0.5) is 0 Å². The van der Waals surface area contributed by atoms with Crippen molar-refractivity contribution in [3.8, 4) is 0 Å². The van der Waals surface area contributed by atoms with E-state index in [1.807, 2.05) is 6.20 Å². The van der Waals surface area contributed by atoms with Crippen molar-refractivity contribution in [3.63, 3.8) is 0 Å². The first-order valence-corrected chi connectivity index (χ1v) is 3.81. The summed E-state index contributed by atoms with van der Waals surface area (Å²) in [5, 5.41) is 0. The van der Waals surface area contributed by atoms with Crippen molar-refractivity contribution in [1.82, 2.24) is 4.98 Å². The summed E-state index contributed by atoms with van der Waals surface area (Å²) in [7, 11) is 0. The zero-order valence-electron chi connectivity index (χ0n) is 6.22. The van der Waals surface area contributed by atoms with Crippen molar-refractivity contribution in [3.05, 3.63) is 29.1 Å². The molecule has 2 rings (SSSR count). The molecule has 1 aromatic rings. The average Bonchev–Trinajstić information content (AvgIpc) is 2.36. The Kier molecular flexibility index (Phi) is 1.23. The minimum Gasteiger partial charge on any atom is -0.261 e. The molecule has 0 radical (unpaired) electrons. The van der Waals surface area contributed by atoms with Crippen molar-refractivity contribution in [2.75, 3.05) is 0 Å². The summed E-state index contributed by atoms with van der Waals surface area (Å²) in [5.74, 6) is 0. The first kappa shape index (κ1) is 5.90. The molecule has 0 aliphatic heterocycles. The van der Waals surface area contributed by atoms with E-state index in [1.54, 1.807) is 0 Å². The van der Waals surface area contributed by atoms with Gasteiger partial charge in [-0.3, -0.25) is 4.98 Å². The largest absolute Gasteiger partial charge is 0.261 e. The maximum absolute atomic E-state index is 4.25. The molecular weight excluding hydrogens is 122 g/mol. The third-order valence-corrected chi connectivity index (χ3v) is 2.24. The quantitative estimate of drug-likeness (QED) is 0.526. The number of aromatic nitrogens is 1. The SMILES string of the molecule is Cc1nccc2c1CCC2. The van der Waals surface area contributed by atoms with Gasteiger partial charge in [-0.15, -0.1) is 0 Å². The van der Waals surface area contributed by atoms with Gasteiger partial charge in [0, 0.05) is 11.9 Å². The van der Waals surface area contributed by atoms with E-state index < -0.39 is 0 Å². The summed E-state index contributed by atoms with van der Waals surface area (Å²) in [4.78, 5) is 4.25. The van der Waals surface area contributed by atoms with Crippen LogP contribution < -0.4 is 0 Å². The minimum absolute atomic E-state index is 1.23. The van der Waals surface area contributed by atoms with Gasteiger partial charge in [0.1, 0.15) is 0 Å². The Labute approximate surface area is 61.1 Å². The van der Waals surface area contributed by atoms with Crippen LogP contribution in [-0.2, 0) is 12.8 Å². The van der Waals surface area contributed by atoms with Gasteiger partial charge >= 0.3 is 0 Å². The minimum atomic E-state index is 1.23. The van der Waals surface area contributed by atoms with Crippen LogP contribution in [0.1, 0.15) is 23.2 Å². The third kappa shape index (κ3) is 0.737. The normalized spacial score (nSPS) is 15.3. The van der Waals surface area contributed by atoms with Crippen LogP contribution in [-0.4, -0.2) is 4.98 Å². The number of hydrogen-bond acceptors (Lipinski definition) is 1. The Morgan fingerprint density at radius 2 is 2.30 bits per heavy atom. The lowest BCUT2D eigenvalue weighted by Crippen LogP contribution is -1.89. The summed E-state index contributed by atoms with van der Waals surface area (Å²) >= 11 is 0. The second-order valence-corrected chi connectivity index (χ2v) is 2.89. The first-order chi connectivity index (χ1) is 4.88. The van der Waals surface area contributed by atoms with Gasteiger partial charge in [-0.2, -0.15) is 0 Å². The van der Waals surface area contributed by atoms with Crippen molar-refractivity contribution in [2.45, 2.75) is 26.2 Å². The van der Waals surface area contributed by atoms with E-state index in [0.717, 1.165) is 0 Å². The molecule has 0 bridgehead atoms. The van der Waals surface area contributed by atoms with Crippen LogP contribution in [0.5, 0.6) is 0 Å². The lowest BCUT2D eigenvalue weighted by atomic mass is 10.1. The molecule has 52 valence electrons. The fourth-order valence-electron chi connectivity index (χ4n) is 1.68. The molecule has 1 aliphatic carbocycles. The molecule has 1 heterocycles. The summed E-state index contributed by atoms with van der Waals surface area (Å²) in [6.45, 7) is 2.10. The van der Waals surface area contributed by atoms with Gasteiger partial charge in [0.25, 0.3) is 0 Å². The lowest BCUT2D eigenvalue weighted by molar-refractivity contribution is 0.907. The predicted octanol–water partition coefficient (Wildman–Crippen LogP) is 1.88. The smallest absolute Gasteiger partial charge is 0.0407 e. The molecule has 0 saturated heterocycles.